The van der Waals surface area contributed by atoms with E-state index in [0.29, 0.717) is 5.56 Å². The van der Waals surface area contributed by atoms with Gasteiger partial charge in [-0.2, -0.15) is 0 Å². The maximum atomic E-state index is 10.5. The van der Waals surface area contributed by atoms with Gasteiger partial charge in [-0.3, -0.25) is 0 Å². The quantitative estimate of drug-likeness (QED) is 0.370. The van der Waals surface area contributed by atoms with E-state index in [1.807, 2.05) is 0 Å². The molecule has 1 aromatic rings. The number of hydrogen-bond donors (Lipinski definition) is 1. The van der Waals surface area contributed by atoms with E-state index >= 15 is 0 Å². The number of rotatable bonds is 3. The van der Waals surface area contributed by atoms with Crippen LogP contribution in [0.4, 0.5) is 5.69 Å². The number of hydrogen-bond acceptors (Lipinski definition) is 2. The fraction of sp³-hybridized carbons (Fsp3) is 0. The summed E-state index contributed by atoms with van der Waals surface area (Å²) < 4.78 is 29.4. The predicted molar refractivity (Wildman–Crippen MR) is 58.5 cm³/mol. The third kappa shape index (κ3) is 3.84. The summed E-state index contributed by atoms with van der Waals surface area (Å²) in [7, 11) is -4.63. The van der Waals surface area contributed by atoms with Crippen molar-refractivity contribution in [3.05, 3.63) is 41.9 Å². The van der Waals surface area contributed by atoms with E-state index < -0.39 is 10.3 Å². The van der Waals surface area contributed by atoms with Gasteiger partial charge >= 0.3 is 39.9 Å². The molecule has 76 valence electrons. The van der Waals surface area contributed by atoms with Crippen LogP contribution < -0.4 is 0 Å². The molecule has 0 radical (unpaired) electrons. The fourth-order valence-corrected chi connectivity index (χ4v) is 1.28. The molecule has 0 amide bonds. The molecule has 15 heavy (non-hydrogen) atoms. The van der Waals surface area contributed by atoms with Crippen LogP contribution in [0.15, 0.2) is 30.8 Å². The molecule has 0 aliphatic heterocycles. The molecule has 0 unspecified atom stereocenters. The second-order valence-corrected chi connectivity index (χ2v) is 3.76. The average Bonchev–Trinajstić information content (AvgIpc) is 2.15. The Morgan fingerprint density at radius 1 is 1.47 bits per heavy atom. The molecule has 0 saturated heterocycles. The molecule has 7 heteroatoms. The van der Waals surface area contributed by atoms with Crippen molar-refractivity contribution in [2.24, 2.45) is 0 Å². The molecule has 1 N–H and O–H groups in total. The van der Waals surface area contributed by atoms with Gasteiger partial charge in [-0.15, -0.1) is 12.5 Å². The van der Waals surface area contributed by atoms with Crippen molar-refractivity contribution in [1.82, 2.24) is 0 Å². The van der Waals surface area contributed by atoms with Crippen LogP contribution in [0.3, 0.4) is 0 Å². The summed E-state index contributed by atoms with van der Waals surface area (Å²) in [4.78, 5) is 0. The van der Waals surface area contributed by atoms with Crippen molar-refractivity contribution < 1.29 is 17.1 Å². The van der Waals surface area contributed by atoms with Crippen LogP contribution in [-0.2, 0) is 10.3 Å². The zero-order valence-corrected chi connectivity index (χ0v) is 7.98. The Labute approximate surface area is 110 Å². The van der Waals surface area contributed by atoms with Gasteiger partial charge in [-0.1, -0.05) is 24.8 Å². The monoisotopic (exact) mass is 236 g/mol. The summed E-state index contributed by atoms with van der Waals surface area (Å²) in [6, 6.07) is 5.90. The van der Waals surface area contributed by atoms with Crippen molar-refractivity contribution in [1.29, 1.82) is 0 Å². The number of nitrogens with zero attached hydrogens (tertiary/aromatic N) is 2. The minimum atomic E-state index is -4.63. The SMILES string of the molecule is C=Cc1cccc([N+](=[N-])S(=O)(=O)O)c1.[NaH]. The van der Waals surface area contributed by atoms with E-state index in [0.717, 1.165) is 0 Å². The first kappa shape index (κ1) is 14.5. The molecule has 0 aromatic heterocycles. The second-order valence-electron chi connectivity index (χ2n) is 2.52. The van der Waals surface area contributed by atoms with E-state index in [1.165, 1.54) is 24.3 Å². The van der Waals surface area contributed by atoms with Crippen molar-refractivity contribution in [2.75, 3.05) is 0 Å². The molecule has 1 rings (SSSR count). The van der Waals surface area contributed by atoms with E-state index in [4.69, 9.17) is 10.1 Å². The third-order valence-corrected chi connectivity index (χ3v) is 2.19. The molecular formula is C8H9N2NaO3S. The van der Waals surface area contributed by atoms with Crippen molar-refractivity contribution in [2.45, 2.75) is 0 Å². The fourth-order valence-electron chi connectivity index (χ4n) is 0.904. The van der Waals surface area contributed by atoms with Gasteiger partial charge in [0.2, 0.25) is 5.69 Å². The van der Waals surface area contributed by atoms with Crippen molar-refractivity contribution in [3.8, 4) is 0 Å². The molecule has 0 bridgehead atoms. The Bertz CT molecular complexity index is 484. The van der Waals surface area contributed by atoms with Gasteiger partial charge in [0.05, 0.1) is 0 Å². The molecule has 0 atom stereocenters. The Hall–Kier alpha value is -0.530. The van der Waals surface area contributed by atoms with Crippen LogP contribution in [0.5, 0.6) is 0 Å². The first-order chi connectivity index (χ1) is 6.45. The van der Waals surface area contributed by atoms with Gasteiger partial charge in [-0.05, 0) is 5.56 Å². The summed E-state index contributed by atoms with van der Waals surface area (Å²) in [5.74, 6) is 0. The topological polar surface area (TPSA) is 79.7 Å². The van der Waals surface area contributed by atoms with E-state index in [1.54, 1.807) is 6.07 Å². The van der Waals surface area contributed by atoms with Crippen molar-refractivity contribution >= 4 is 51.6 Å². The molecule has 0 fully saturated rings. The molecule has 0 aliphatic rings. The molecule has 0 spiro atoms. The summed E-state index contributed by atoms with van der Waals surface area (Å²) in [5, 5.41) is 0. The molecule has 0 heterocycles. The average molecular weight is 236 g/mol. The van der Waals surface area contributed by atoms with Crippen LogP contribution in [0.2, 0.25) is 0 Å². The van der Waals surface area contributed by atoms with Gasteiger partial charge < -0.3 is 5.53 Å². The molecule has 0 aliphatic carbocycles. The summed E-state index contributed by atoms with van der Waals surface area (Å²) in [6.45, 7) is 3.48. The van der Waals surface area contributed by atoms with Gasteiger partial charge in [-0.25, -0.2) is 4.55 Å². The van der Waals surface area contributed by atoms with Crippen LogP contribution in [-0.4, -0.2) is 46.6 Å². The Kier molecular flexibility index (Phi) is 5.33. The first-order valence-electron chi connectivity index (χ1n) is 3.64. The zero-order chi connectivity index (χ0) is 10.8. The van der Waals surface area contributed by atoms with E-state index in [-0.39, 0.29) is 39.3 Å². The molecular weight excluding hydrogens is 227 g/mol. The summed E-state index contributed by atoms with van der Waals surface area (Å²) in [6.07, 6.45) is 1.49. The Balaban J connectivity index is 0.00000196. The first-order valence-corrected chi connectivity index (χ1v) is 5.04. The van der Waals surface area contributed by atoms with Crippen molar-refractivity contribution in [3.63, 3.8) is 0 Å². The maximum absolute atomic E-state index is 10.5. The van der Waals surface area contributed by atoms with Crippen LogP contribution in [0.1, 0.15) is 5.56 Å². The van der Waals surface area contributed by atoms with Gasteiger partial charge in [0.25, 0.3) is 0 Å². The summed E-state index contributed by atoms with van der Waals surface area (Å²) >= 11 is 0. The van der Waals surface area contributed by atoms with Crippen LogP contribution in [0, 0.1) is 0 Å². The molecule has 5 nitrogen and oxygen atoms in total. The van der Waals surface area contributed by atoms with Crippen LogP contribution >= 0.6 is 0 Å². The minimum absolute atomic E-state index is 0. The Morgan fingerprint density at radius 3 is 2.53 bits per heavy atom. The van der Waals surface area contributed by atoms with E-state index in [2.05, 4.69) is 6.58 Å². The zero-order valence-electron chi connectivity index (χ0n) is 7.16. The Morgan fingerprint density at radius 2 is 2.07 bits per heavy atom. The molecule has 1 aromatic carbocycles. The van der Waals surface area contributed by atoms with E-state index in [9.17, 15) is 8.42 Å². The van der Waals surface area contributed by atoms with Crippen LogP contribution in [0.25, 0.3) is 11.6 Å². The normalized spacial score (nSPS) is 10.2. The molecule has 0 saturated carbocycles. The third-order valence-electron chi connectivity index (χ3n) is 1.55. The second kappa shape index (κ2) is 5.53. The standard InChI is InChI=1S/C8H8N2O3S.Na.H/c1-2-7-4-3-5-8(6-7)10(9)14(11,12)13;;/h2-6H,1H2,(H,11,12,13);;. The van der Waals surface area contributed by atoms with Gasteiger partial charge in [0.15, 0.2) is 0 Å². The number of benzene rings is 1. The van der Waals surface area contributed by atoms with Gasteiger partial charge in [0, 0.05) is 12.1 Å². The van der Waals surface area contributed by atoms with Gasteiger partial charge in [0.1, 0.15) is 0 Å². The summed E-state index contributed by atoms with van der Waals surface area (Å²) in [5.41, 5.74) is 9.62. The predicted octanol–water partition coefficient (Wildman–Crippen LogP) is 1.15.